The van der Waals surface area contributed by atoms with E-state index in [2.05, 4.69) is 14.7 Å². The largest absolute Gasteiger partial charge is 0.368 e. The van der Waals surface area contributed by atoms with E-state index in [0.717, 1.165) is 24.3 Å². The number of rotatable bonds is 4. The summed E-state index contributed by atoms with van der Waals surface area (Å²) in [7, 11) is 0. The molecule has 0 radical (unpaired) electrons. The van der Waals surface area contributed by atoms with Crippen molar-refractivity contribution in [1.29, 1.82) is 0 Å². The van der Waals surface area contributed by atoms with E-state index >= 15 is 4.39 Å². The predicted octanol–water partition coefficient (Wildman–Crippen LogP) is 5.55. The summed E-state index contributed by atoms with van der Waals surface area (Å²) >= 11 is 0.681. The first-order valence-corrected chi connectivity index (χ1v) is 9.12. The van der Waals surface area contributed by atoms with Gasteiger partial charge < -0.3 is 10.5 Å². The third-order valence-corrected chi connectivity index (χ3v) is 5.00. The molecule has 0 spiro atoms. The lowest BCUT2D eigenvalue weighted by molar-refractivity contribution is 0.577. The SMILES string of the molecule is Nc1ncc2cc(-c3c(F)ccc(NSc4cc(F)ccc4F)c3F)ccc2n1. The van der Waals surface area contributed by atoms with Crippen molar-refractivity contribution < 1.29 is 17.6 Å². The van der Waals surface area contributed by atoms with Crippen molar-refractivity contribution in [2.45, 2.75) is 4.90 Å². The third kappa shape index (κ3) is 3.81. The van der Waals surface area contributed by atoms with E-state index in [1.54, 1.807) is 12.1 Å². The summed E-state index contributed by atoms with van der Waals surface area (Å²) in [6.45, 7) is 0. The fraction of sp³-hybridized carbons (Fsp3) is 0. The van der Waals surface area contributed by atoms with E-state index in [1.165, 1.54) is 18.3 Å². The zero-order valence-electron chi connectivity index (χ0n) is 14.6. The minimum absolute atomic E-state index is 0.0595. The number of nitrogen functional groups attached to an aromatic ring is 1. The van der Waals surface area contributed by atoms with Crippen molar-refractivity contribution in [2.24, 2.45) is 0 Å². The Bertz CT molecular complexity index is 1230. The predicted molar refractivity (Wildman–Crippen MR) is 105 cm³/mol. The van der Waals surface area contributed by atoms with Crippen molar-refractivity contribution in [3.63, 3.8) is 0 Å². The van der Waals surface area contributed by atoms with E-state index in [-0.39, 0.29) is 27.7 Å². The molecule has 146 valence electrons. The van der Waals surface area contributed by atoms with Crippen LogP contribution in [0.5, 0.6) is 0 Å². The number of benzene rings is 3. The van der Waals surface area contributed by atoms with Gasteiger partial charge in [0.05, 0.1) is 21.7 Å². The summed E-state index contributed by atoms with van der Waals surface area (Å²) in [5, 5.41) is 0.560. The summed E-state index contributed by atoms with van der Waals surface area (Å²) in [4.78, 5) is 7.87. The van der Waals surface area contributed by atoms with E-state index in [9.17, 15) is 13.2 Å². The molecular weight excluding hydrogens is 404 g/mol. The molecule has 0 amide bonds. The smallest absolute Gasteiger partial charge is 0.220 e. The van der Waals surface area contributed by atoms with Gasteiger partial charge in [-0.25, -0.2) is 27.5 Å². The van der Waals surface area contributed by atoms with Crippen LogP contribution in [0.1, 0.15) is 0 Å². The Balaban J connectivity index is 1.70. The first-order chi connectivity index (χ1) is 13.9. The monoisotopic (exact) mass is 416 g/mol. The van der Waals surface area contributed by atoms with Gasteiger partial charge in [-0.3, -0.25) is 0 Å². The van der Waals surface area contributed by atoms with Crippen molar-refractivity contribution in [1.82, 2.24) is 9.97 Å². The van der Waals surface area contributed by atoms with Crippen LogP contribution in [0.4, 0.5) is 29.2 Å². The standard InChI is InChI=1S/C20H12F4N4S/c21-12-2-3-13(22)17(8-12)29-28-16-6-4-14(23)18(19(16)24)10-1-5-15-11(7-10)9-26-20(25)27-15/h1-9,28H,(H2,25,26,27). The molecule has 0 saturated heterocycles. The first-order valence-electron chi connectivity index (χ1n) is 8.31. The Morgan fingerprint density at radius 2 is 1.69 bits per heavy atom. The molecule has 29 heavy (non-hydrogen) atoms. The summed E-state index contributed by atoms with van der Waals surface area (Å²) in [5.41, 5.74) is 6.00. The van der Waals surface area contributed by atoms with Crippen LogP contribution in [0.25, 0.3) is 22.0 Å². The van der Waals surface area contributed by atoms with Crippen LogP contribution in [0.2, 0.25) is 0 Å². The van der Waals surface area contributed by atoms with Crippen LogP contribution < -0.4 is 10.5 Å². The maximum absolute atomic E-state index is 15.0. The molecule has 3 aromatic carbocycles. The van der Waals surface area contributed by atoms with Crippen LogP contribution in [-0.4, -0.2) is 9.97 Å². The fourth-order valence-corrected chi connectivity index (χ4v) is 3.48. The first kappa shape index (κ1) is 19.0. The van der Waals surface area contributed by atoms with Gasteiger partial charge in [-0.05, 0) is 60.0 Å². The number of nitrogens with two attached hydrogens (primary N) is 1. The molecule has 9 heteroatoms. The molecule has 0 fully saturated rings. The second kappa shape index (κ2) is 7.59. The summed E-state index contributed by atoms with van der Waals surface area (Å²) in [5.74, 6) is -2.85. The Morgan fingerprint density at radius 1 is 0.897 bits per heavy atom. The van der Waals surface area contributed by atoms with Crippen molar-refractivity contribution >= 4 is 34.5 Å². The van der Waals surface area contributed by atoms with Crippen LogP contribution in [0.15, 0.2) is 59.6 Å². The highest BCUT2D eigenvalue weighted by molar-refractivity contribution is 8.00. The number of hydrogen-bond acceptors (Lipinski definition) is 5. The molecule has 4 nitrogen and oxygen atoms in total. The Morgan fingerprint density at radius 3 is 2.52 bits per heavy atom. The molecule has 4 rings (SSSR count). The average molecular weight is 416 g/mol. The van der Waals surface area contributed by atoms with Crippen molar-refractivity contribution in [2.75, 3.05) is 10.5 Å². The third-order valence-electron chi connectivity index (χ3n) is 4.14. The number of anilines is 2. The van der Waals surface area contributed by atoms with Gasteiger partial charge in [0.25, 0.3) is 0 Å². The molecule has 1 heterocycles. The Kier molecular flexibility index (Phi) is 4.98. The number of halogens is 4. The highest BCUT2D eigenvalue weighted by Gasteiger charge is 2.17. The van der Waals surface area contributed by atoms with Crippen LogP contribution in [-0.2, 0) is 0 Å². The van der Waals surface area contributed by atoms with Crippen molar-refractivity contribution in [3.8, 4) is 11.1 Å². The van der Waals surface area contributed by atoms with Gasteiger partial charge in [0.15, 0.2) is 5.82 Å². The molecule has 0 saturated carbocycles. The minimum Gasteiger partial charge on any atom is -0.368 e. The molecular formula is C20H12F4N4S. The van der Waals surface area contributed by atoms with E-state index in [0.29, 0.717) is 22.9 Å². The van der Waals surface area contributed by atoms with E-state index in [1.807, 2.05) is 0 Å². The lowest BCUT2D eigenvalue weighted by Crippen LogP contribution is -1.98. The molecule has 3 N–H and O–H groups in total. The van der Waals surface area contributed by atoms with Gasteiger partial charge >= 0.3 is 0 Å². The summed E-state index contributed by atoms with van der Waals surface area (Å²) in [6, 6.07) is 9.83. The second-order valence-corrected chi connectivity index (χ2v) is 6.91. The van der Waals surface area contributed by atoms with Crippen molar-refractivity contribution in [3.05, 3.63) is 78.0 Å². The maximum atomic E-state index is 15.0. The van der Waals surface area contributed by atoms with Gasteiger partial charge in [-0.15, -0.1) is 0 Å². The van der Waals surface area contributed by atoms with Gasteiger partial charge in [0, 0.05) is 11.6 Å². The highest BCUT2D eigenvalue weighted by atomic mass is 32.2. The quantitative estimate of drug-likeness (QED) is 0.337. The fourth-order valence-electron chi connectivity index (χ4n) is 2.76. The second-order valence-electron chi connectivity index (χ2n) is 6.06. The molecule has 0 aliphatic carbocycles. The Labute approximate surface area is 166 Å². The maximum Gasteiger partial charge on any atom is 0.220 e. The van der Waals surface area contributed by atoms with Gasteiger partial charge in [-0.1, -0.05) is 6.07 Å². The summed E-state index contributed by atoms with van der Waals surface area (Å²) < 4.78 is 59.1. The molecule has 0 atom stereocenters. The Hall–Kier alpha value is -3.33. The van der Waals surface area contributed by atoms with E-state index in [4.69, 9.17) is 5.73 Å². The highest BCUT2D eigenvalue weighted by Crippen LogP contribution is 2.34. The number of nitrogens with one attached hydrogen (secondary N) is 1. The number of hydrogen-bond donors (Lipinski definition) is 2. The van der Waals surface area contributed by atoms with Crippen LogP contribution in [0.3, 0.4) is 0 Å². The molecule has 0 unspecified atom stereocenters. The van der Waals surface area contributed by atoms with Gasteiger partial charge in [-0.2, -0.15) is 0 Å². The number of fused-ring (bicyclic) bond motifs is 1. The normalized spacial score (nSPS) is 11.0. The average Bonchev–Trinajstić information content (AvgIpc) is 2.70. The zero-order chi connectivity index (χ0) is 20.5. The summed E-state index contributed by atoms with van der Waals surface area (Å²) in [6.07, 6.45) is 1.46. The van der Waals surface area contributed by atoms with Crippen LogP contribution >= 0.6 is 11.9 Å². The molecule has 0 aliphatic heterocycles. The molecule has 0 bridgehead atoms. The lowest BCUT2D eigenvalue weighted by Gasteiger charge is -2.12. The molecule has 1 aromatic heterocycles. The topological polar surface area (TPSA) is 63.8 Å². The molecule has 4 aromatic rings. The van der Waals surface area contributed by atoms with Gasteiger partial charge in [0.2, 0.25) is 5.95 Å². The minimum atomic E-state index is -0.870. The lowest BCUT2D eigenvalue weighted by atomic mass is 10.0. The van der Waals surface area contributed by atoms with Crippen LogP contribution in [0, 0.1) is 23.3 Å². The van der Waals surface area contributed by atoms with E-state index < -0.39 is 23.3 Å². The zero-order valence-corrected chi connectivity index (χ0v) is 15.4. The molecule has 0 aliphatic rings. The number of nitrogens with zero attached hydrogens (tertiary/aromatic N) is 2. The van der Waals surface area contributed by atoms with Gasteiger partial charge in [0.1, 0.15) is 17.5 Å². The number of aromatic nitrogens is 2.